The third-order valence-electron chi connectivity index (χ3n) is 5.57. The first-order chi connectivity index (χ1) is 13.2. The molecule has 0 radical (unpaired) electrons. The Morgan fingerprint density at radius 1 is 1.22 bits per heavy atom. The monoisotopic (exact) mass is 386 g/mol. The first-order valence-electron chi connectivity index (χ1n) is 9.91. The second-order valence-electron chi connectivity index (χ2n) is 7.50. The highest BCUT2D eigenvalue weighted by molar-refractivity contribution is 7.14. The van der Waals surface area contributed by atoms with Crippen LogP contribution >= 0.6 is 11.3 Å². The Kier molecular flexibility index (Phi) is 5.62. The highest BCUT2D eigenvalue weighted by Gasteiger charge is 2.28. The van der Waals surface area contributed by atoms with Crippen LogP contribution in [0.25, 0.3) is 0 Å². The number of amides is 2. The minimum atomic E-state index is -0.0248. The van der Waals surface area contributed by atoms with Gasteiger partial charge in [0.1, 0.15) is 5.76 Å². The van der Waals surface area contributed by atoms with E-state index in [1.165, 1.54) is 23.3 Å². The van der Waals surface area contributed by atoms with Gasteiger partial charge in [0.15, 0.2) is 0 Å². The number of thiophene rings is 1. The van der Waals surface area contributed by atoms with Crippen LogP contribution in [0.3, 0.4) is 0 Å². The first kappa shape index (κ1) is 18.3. The van der Waals surface area contributed by atoms with Gasteiger partial charge >= 0.3 is 0 Å². The highest BCUT2D eigenvalue weighted by Crippen LogP contribution is 2.33. The van der Waals surface area contributed by atoms with Gasteiger partial charge in [-0.2, -0.15) is 0 Å². The number of carbonyl (C=O) groups excluding carboxylic acids is 2. The predicted molar refractivity (Wildman–Crippen MR) is 105 cm³/mol. The van der Waals surface area contributed by atoms with Crippen molar-refractivity contribution in [3.05, 3.63) is 45.5 Å². The fraction of sp³-hybridized carbons (Fsp3) is 0.524. The van der Waals surface area contributed by atoms with Crippen molar-refractivity contribution >= 4 is 23.2 Å². The molecule has 1 fully saturated rings. The minimum Gasteiger partial charge on any atom is -0.467 e. The van der Waals surface area contributed by atoms with E-state index in [4.69, 9.17) is 4.42 Å². The maximum Gasteiger partial charge on any atom is 0.263 e. The summed E-state index contributed by atoms with van der Waals surface area (Å²) in [5, 5.41) is 2.97. The van der Waals surface area contributed by atoms with Gasteiger partial charge in [-0.25, -0.2) is 0 Å². The lowest BCUT2D eigenvalue weighted by molar-refractivity contribution is -0.125. The van der Waals surface area contributed by atoms with Crippen molar-refractivity contribution in [2.75, 3.05) is 13.1 Å². The summed E-state index contributed by atoms with van der Waals surface area (Å²) >= 11 is 1.63. The molecule has 1 atom stereocenters. The molecule has 1 aliphatic carbocycles. The summed E-state index contributed by atoms with van der Waals surface area (Å²) < 4.78 is 5.27. The van der Waals surface area contributed by atoms with Crippen molar-refractivity contribution in [1.82, 2.24) is 10.2 Å². The summed E-state index contributed by atoms with van der Waals surface area (Å²) in [6.07, 6.45) is 8.72. The van der Waals surface area contributed by atoms with Gasteiger partial charge in [0.05, 0.1) is 17.7 Å². The van der Waals surface area contributed by atoms with E-state index in [2.05, 4.69) is 5.32 Å². The lowest BCUT2D eigenvalue weighted by Crippen LogP contribution is -2.33. The lowest BCUT2D eigenvalue weighted by atomic mass is 9.87. The molecule has 4 rings (SSSR count). The van der Waals surface area contributed by atoms with E-state index in [1.54, 1.807) is 17.6 Å². The van der Waals surface area contributed by atoms with Crippen molar-refractivity contribution in [3.63, 3.8) is 0 Å². The molecule has 0 aromatic carbocycles. The standard InChI is InChI=1S/C21H26N2O3S/c24-20(22-14-17-6-5-11-26-17)15-7-8-18-16(12-15)13-19(27-18)21(25)23-9-3-1-2-4-10-23/h5-6,11,13,15H,1-4,7-10,12,14H2,(H,22,24)/t15-/m1/s1. The zero-order valence-corrected chi connectivity index (χ0v) is 16.4. The third-order valence-corrected chi connectivity index (χ3v) is 6.80. The van der Waals surface area contributed by atoms with Crippen molar-refractivity contribution < 1.29 is 14.0 Å². The van der Waals surface area contributed by atoms with Crippen LogP contribution < -0.4 is 5.32 Å². The number of carbonyl (C=O) groups is 2. The maximum absolute atomic E-state index is 12.9. The first-order valence-corrected chi connectivity index (χ1v) is 10.7. The second-order valence-corrected chi connectivity index (χ2v) is 8.64. The van der Waals surface area contributed by atoms with Gasteiger partial charge in [-0.3, -0.25) is 9.59 Å². The molecular formula is C21H26N2O3S. The maximum atomic E-state index is 12.9. The summed E-state index contributed by atoms with van der Waals surface area (Å²) in [6.45, 7) is 2.18. The number of nitrogens with zero attached hydrogens (tertiary/aromatic N) is 1. The highest BCUT2D eigenvalue weighted by atomic mass is 32.1. The van der Waals surface area contributed by atoms with Gasteiger partial charge in [-0.15, -0.1) is 11.3 Å². The van der Waals surface area contributed by atoms with Crippen LogP contribution in [0.15, 0.2) is 28.9 Å². The molecule has 0 saturated carbocycles. The van der Waals surface area contributed by atoms with Gasteiger partial charge in [-0.1, -0.05) is 12.8 Å². The van der Waals surface area contributed by atoms with Crippen LogP contribution in [0, 0.1) is 5.92 Å². The number of furan rings is 1. The van der Waals surface area contributed by atoms with Gasteiger partial charge in [0.25, 0.3) is 5.91 Å². The molecule has 1 N–H and O–H groups in total. The Morgan fingerprint density at radius 2 is 2.04 bits per heavy atom. The van der Waals surface area contributed by atoms with Crippen LogP contribution in [0.4, 0.5) is 0 Å². The Bertz CT molecular complexity index is 788. The number of nitrogens with one attached hydrogen (secondary N) is 1. The Hall–Kier alpha value is -2.08. The van der Waals surface area contributed by atoms with Crippen LogP contribution in [0.2, 0.25) is 0 Å². The minimum absolute atomic E-state index is 0.0248. The predicted octanol–water partition coefficient (Wildman–Crippen LogP) is 3.78. The SMILES string of the molecule is O=C(NCc1ccco1)[C@@H]1CCc2sc(C(=O)N3CCCCCC3)cc2C1. The molecule has 144 valence electrons. The molecule has 2 aliphatic rings. The normalized spacial score (nSPS) is 20.0. The van der Waals surface area contributed by atoms with Crippen LogP contribution in [0.5, 0.6) is 0 Å². The topological polar surface area (TPSA) is 62.6 Å². The Morgan fingerprint density at radius 3 is 2.78 bits per heavy atom. The number of aryl methyl sites for hydroxylation is 1. The smallest absolute Gasteiger partial charge is 0.263 e. The number of rotatable bonds is 4. The van der Waals surface area contributed by atoms with Gasteiger partial charge in [0, 0.05) is 23.9 Å². The molecule has 2 amide bonds. The molecule has 1 saturated heterocycles. The average molecular weight is 387 g/mol. The number of likely N-dealkylation sites (tertiary alicyclic amines) is 1. The molecule has 0 bridgehead atoms. The second kappa shape index (κ2) is 8.30. The van der Waals surface area contributed by atoms with E-state index >= 15 is 0 Å². The van der Waals surface area contributed by atoms with E-state index < -0.39 is 0 Å². The largest absolute Gasteiger partial charge is 0.467 e. The fourth-order valence-corrected chi connectivity index (χ4v) is 5.19. The number of hydrogen-bond acceptors (Lipinski definition) is 4. The number of fused-ring (bicyclic) bond motifs is 1. The molecular weight excluding hydrogens is 360 g/mol. The van der Waals surface area contributed by atoms with Gasteiger partial charge in [-0.05, 0) is 55.9 Å². The number of hydrogen-bond donors (Lipinski definition) is 1. The van der Waals surface area contributed by atoms with Crippen LogP contribution in [-0.4, -0.2) is 29.8 Å². The van der Waals surface area contributed by atoms with E-state index in [-0.39, 0.29) is 17.7 Å². The van der Waals surface area contributed by atoms with E-state index in [0.717, 1.165) is 55.8 Å². The molecule has 2 aromatic rings. The summed E-state index contributed by atoms with van der Waals surface area (Å²) in [4.78, 5) is 29.5. The van der Waals surface area contributed by atoms with E-state index in [0.29, 0.717) is 6.54 Å². The van der Waals surface area contributed by atoms with Gasteiger partial charge < -0.3 is 14.6 Å². The Labute approximate surface area is 163 Å². The van der Waals surface area contributed by atoms with Crippen molar-refractivity contribution in [3.8, 4) is 0 Å². The quantitative estimate of drug-likeness (QED) is 0.870. The summed E-state index contributed by atoms with van der Waals surface area (Å²) in [5.74, 6) is 0.989. The summed E-state index contributed by atoms with van der Waals surface area (Å²) in [6, 6.07) is 5.72. The van der Waals surface area contributed by atoms with Crippen molar-refractivity contribution in [1.29, 1.82) is 0 Å². The zero-order chi connectivity index (χ0) is 18.6. The molecule has 2 aromatic heterocycles. The van der Waals surface area contributed by atoms with Gasteiger partial charge in [0.2, 0.25) is 5.91 Å². The zero-order valence-electron chi connectivity index (χ0n) is 15.5. The van der Waals surface area contributed by atoms with E-state index in [9.17, 15) is 9.59 Å². The fourth-order valence-electron chi connectivity index (χ4n) is 4.01. The molecule has 3 heterocycles. The third kappa shape index (κ3) is 4.26. The van der Waals surface area contributed by atoms with Crippen LogP contribution in [0.1, 0.15) is 58.0 Å². The average Bonchev–Trinajstić information content (AvgIpc) is 3.28. The molecule has 27 heavy (non-hydrogen) atoms. The van der Waals surface area contributed by atoms with Crippen molar-refractivity contribution in [2.45, 2.75) is 51.5 Å². The van der Waals surface area contributed by atoms with E-state index in [1.807, 2.05) is 23.1 Å². The summed E-state index contributed by atoms with van der Waals surface area (Å²) in [5.41, 5.74) is 1.18. The summed E-state index contributed by atoms with van der Waals surface area (Å²) in [7, 11) is 0. The van der Waals surface area contributed by atoms with Crippen molar-refractivity contribution in [2.24, 2.45) is 5.92 Å². The molecule has 0 unspecified atom stereocenters. The molecule has 5 nitrogen and oxygen atoms in total. The molecule has 1 aliphatic heterocycles. The molecule has 0 spiro atoms. The van der Waals surface area contributed by atoms with Crippen LogP contribution in [-0.2, 0) is 24.2 Å². The Balaban J connectivity index is 1.38. The molecule has 6 heteroatoms. The lowest BCUT2D eigenvalue weighted by Gasteiger charge is -2.21.